The lowest BCUT2D eigenvalue weighted by atomic mass is 10.1. The zero-order valence-corrected chi connectivity index (χ0v) is 16.2. The Hall–Kier alpha value is -3.15. The molecule has 0 atom stereocenters. The van der Waals surface area contributed by atoms with Crippen molar-refractivity contribution >= 4 is 27.1 Å². The summed E-state index contributed by atoms with van der Waals surface area (Å²) < 4.78 is 61.4. The number of sulfone groups is 1. The smallest absolute Gasteiger partial charge is 0.362 e. The fraction of sp³-hybridized carbons (Fsp3) is 0.278. The van der Waals surface area contributed by atoms with E-state index in [4.69, 9.17) is 0 Å². The summed E-state index contributed by atoms with van der Waals surface area (Å²) in [5.41, 5.74) is -5.82. The molecule has 1 heterocycles. The Labute approximate surface area is 169 Å². The maximum absolute atomic E-state index is 12.8. The van der Waals surface area contributed by atoms with Crippen LogP contribution in [0.4, 0.5) is 24.5 Å². The van der Waals surface area contributed by atoms with E-state index in [-0.39, 0.29) is 37.8 Å². The number of halogens is 3. The van der Waals surface area contributed by atoms with Gasteiger partial charge in [-0.3, -0.25) is 14.9 Å². The molecule has 1 saturated heterocycles. The van der Waals surface area contributed by atoms with E-state index in [1.54, 1.807) is 35.2 Å². The Morgan fingerprint density at radius 3 is 2.13 bits per heavy atom. The van der Waals surface area contributed by atoms with Crippen LogP contribution in [-0.4, -0.2) is 55.8 Å². The largest absolute Gasteiger partial charge is 0.501 e. The molecular formula is C18H16F3N3O5S. The quantitative estimate of drug-likeness (QED) is 0.532. The number of piperazine rings is 1. The average Bonchev–Trinajstić information content (AvgIpc) is 2.72. The molecule has 0 aromatic heterocycles. The zero-order valence-electron chi connectivity index (χ0n) is 15.4. The first kappa shape index (κ1) is 21.6. The molecule has 2 aromatic rings. The topological polar surface area (TPSA) is 101 Å². The molecule has 1 fully saturated rings. The SMILES string of the molecule is O=C(c1ccccc1)N1CCN(c2ccc(S(=O)(=O)C(F)(F)F)cc2[N+](=O)[O-])CC1. The van der Waals surface area contributed by atoms with Gasteiger partial charge in [-0.1, -0.05) is 18.2 Å². The predicted molar refractivity (Wildman–Crippen MR) is 101 cm³/mol. The van der Waals surface area contributed by atoms with Crippen molar-refractivity contribution in [2.75, 3.05) is 31.1 Å². The fourth-order valence-corrected chi connectivity index (χ4v) is 3.91. The second-order valence-corrected chi connectivity index (χ2v) is 8.44. The first-order valence-electron chi connectivity index (χ1n) is 8.71. The van der Waals surface area contributed by atoms with Gasteiger partial charge in [0.25, 0.3) is 21.4 Å². The summed E-state index contributed by atoms with van der Waals surface area (Å²) in [6, 6.07) is 10.7. The highest BCUT2D eigenvalue weighted by atomic mass is 32.2. The molecule has 0 N–H and O–H groups in total. The number of hydrogen-bond acceptors (Lipinski definition) is 6. The van der Waals surface area contributed by atoms with Crippen LogP contribution in [-0.2, 0) is 9.84 Å². The molecular weight excluding hydrogens is 427 g/mol. The van der Waals surface area contributed by atoms with Crippen LogP contribution in [0.3, 0.4) is 0 Å². The number of benzene rings is 2. The first-order valence-corrected chi connectivity index (χ1v) is 10.2. The summed E-state index contributed by atoms with van der Waals surface area (Å²) in [5, 5.41) is 11.4. The van der Waals surface area contributed by atoms with Gasteiger partial charge in [-0.25, -0.2) is 8.42 Å². The second kappa shape index (κ2) is 7.94. The second-order valence-electron chi connectivity index (χ2n) is 6.50. The number of hydrogen-bond donors (Lipinski definition) is 0. The lowest BCUT2D eigenvalue weighted by Crippen LogP contribution is -2.49. The lowest BCUT2D eigenvalue weighted by molar-refractivity contribution is -0.384. The molecule has 1 amide bonds. The van der Waals surface area contributed by atoms with E-state index in [2.05, 4.69) is 0 Å². The summed E-state index contributed by atoms with van der Waals surface area (Å²) in [6.07, 6.45) is 0. The molecule has 8 nitrogen and oxygen atoms in total. The number of rotatable bonds is 4. The van der Waals surface area contributed by atoms with E-state index in [0.717, 1.165) is 6.07 Å². The van der Waals surface area contributed by atoms with E-state index in [1.165, 1.54) is 4.90 Å². The van der Waals surface area contributed by atoms with E-state index < -0.39 is 30.9 Å². The van der Waals surface area contributed by atoms with E-state index in [1.807, 2.05) is 0 Å². The van der Waals surface area contributed by atoms with E-state index in [0.29, 0.717) is 17.7 Å². The van der Waals surface area contributed by atoms with Gasteiger partial charge >= 0.3 is 5.51 Å². The van der Waals surface area contributed by atoms with Gasteiger partial charge in [0, 0.05) is 37.8 Å². The fourth-order valence-electron chi connectivity index (χ4n) is 3.13. The Kier molecular flexibility index (Phi) is 5.70. The third kappa shape index (κ3) is 4.08. The molecule has 1 aliphatic heterocycles. The number of anilines is 1. The molecule has 3 rings (SSSR count). The van der Waals surface area contributed by atoms with Crippen molar-refractivity contribution in [3.05, 3.63) is 64.2 Å². The highest BCUT2D eigenvalue weighted by Crippen LogP contribution is 2.36. The highest BCUT2D eigenvalue weighted by Gasteiger charge is 2.47. The Morgan fingerprint density at radius 1 is 1.00 bits per heavy atom. The van der Waals surface area contributed by atoms with Crippen LogP contribution in [0.1, 0.15) is 10.4 Å². The minimum Gasteiger partial charge on any atom is -0.362 e. The van der Waals surface area contributed by atoms with Crippen molar-refractivity contribution in [3.63, 3.8) is 0 Å². The molecule has 12 heteroatoms. The summed E-state index contributed by atoms with van der Waals surface area (Å²) >= 11 is 0. The maximum Gasteiger partial charge on any atom is 0.501 e. The van der Waals surface area contributed by atoms with Crippen LogP contribution in [0.2, 0.25) is 0 Å². The van der Waals surface area contributed by atoms with Crippen molar-refractivity contribution in [3.8, 4) is 0 Å². The number of nitro benzene ring substituents is 1. The minimum atomic E-state index is -5.71. The van der Waals surface area contributed by atoms with Crippen LogP contribution in [0.5, 0.6) is 0 Å². The Morgan fingerprint density at radius 2 is 1.60 bits per heavy atom. The molecule has 2 aromatic carbocycles. The lowest BCUT2D eigenvalue weighted by Gasteiger charge is -2.35. The van der Waals surface area contributed by atoms with Crippen LogP contribution in [0.25, 0.3) is 0 Å². The zero-order chi connectivity index (χ0) is 22.1. The normalized spacial score (nSPS) is 15.2. The summed E-state index contributed by atoms with van der Waals surface area (Å²) in [5.74, 6) is -0.198. The molecule has 0 spiro atoms. The van der Waals surface area contributed by atoms with Crippen molar-refractivity contribution < 1.29 is 31.3 Å². The van der Waals surface area contributed by atoms with Crippen LogP contribution in [0, 0.1) is 10.1 Å². The molecule has 0 saturated carbocycles. The third-order valence-electron chi connectivity index (χ3n) is 4.69. The van der Waals surface area contributed by atoms with Crippen molar-refractivity contribution in [1.82, 2.24) is 4.90 Å². The van der Waals surface area contributed by atoms with Gasteiger partial charge < -0.3 is 9.80 Å². The summed E-state index contributed by atoms with van der Waals surface area (Å²) in [4.78, 5) is 24.9. The van der Waals surface area contributed by atoms with Crippen molar-refractivity contribution in [2.24, 2.45) is 0 Å². The van der Waals surface area contributed by atoms with Crippen molar-refractivity contribution in [1.29, 1.82) is 0 Å². The number of alkyl halides is 3. The maximum atomic E-state index is 12.8. The molecule has 30 heavy (non-hydrogen) atoms. The van der Waals surface area contributed by atoms with Gasteiger partial charge in [-0.2, -0.15) is 13.2 Å². The Bertz CT molecular complexity index is 1070. The van der Waals surface area contributed by atoms with E-state index >= 15 is 0 Å². The molecule has 0 bridgehead atoms. The third-order valence-corrected chi connectivity index (χ3v) is 6.17. The van der Waals surface area contributed by atoms with Gasteiger partial charge in [-0.15, -0.1) is 0 Å². The average molecular weight is 443 g/mol. The Balaban J connectivity index is 1.82. The number of nitro groups is 1. The molecule has 160 valence electrons. The van der Waals surface area contributed by atoms with Crippen LogP contribution >= 0.6 is 0 Å². The number of carbonyl (C=O) groups excluding carboxylic acids is 1. The minimum absolute atomic E-state index is 0.00654. The van der Waals surface area contributed by atoms with Gasteiger partial charge in [0.05, 0.1) is 9.82 Å². The van der Waals surface area contributed by atoms with Crippen LogP contribution < -0.4 is 4.90 Å². The van der Waals surface area contributed by atoms with Gasteiger partial charge in [-0.05, 0) is 24.3 Å². The number of amides is 1. The molecule has 0 unspecified atom stereocenters. The van der Waals surface area contributed by atoms with Crippen molar-refractivity contribution in [2.45, 2.75) is 10.4 Å². The van der Waals surface area contributed by atoms with Crippen LogP contribution in [0.15, 0.2) is 53.4 Å². The predicted octanol–water partition coefficient (Wildman–Crippen LogP) is 2.85. The highest BCUT2D eigenvalue weighted by molar-refractivity contribution is 7.92. The van der Waals surface area contributed by atoms with Gasteiger partial charge in [0.15, 0.2) is 0 Å². The van der Waals surface area contributed by atoms with Gasteiger partial charge in [0.1, 0.15) is 5.69 Å². The van der Waals surface area contributed by atoms with Gasteiger partial charge in [0.2, 0.25) is 0 Å². The van der Waals surface area contributed by atoms with E-state index in [9.17, 15) is 36.5 Å². The molecule has 0 radical (unpaired) electrons. The number of carbonyl (C=O) groups is 1. The summed E-state index contributed by atoms with van der Waals surface area (Å²) in [6.45, 7) is 0.885. The standard InChI is InChI=1S/C18H16F3N3O5S/c19-18(20,21)30(28,29)14-6-7-15(16(12-14)24(26)27)22-8-10-23(11-9-22)17(25)13-4-2-1-3-5-13/h1-7,12H,8-11H2. The molecule has 0 aliphatic carbocycles. The first-order chi connectivity index (χ1) is 14.0. The summed E-state index contributed by atoms with van der Waals surface area (Å²) in [7, 11) is -5.71. The molecule has 1 aliphatic rings. The number of nitrogens with zero attached hydrogens (tertiary/aromatic N) is 3. The monoisotopic (exact) mass is 443 g/mol.